The SMILES string of the molecule is O=C(O/C(=C1/CCC(P(=Nc2ccc(C(F)(F)F)cc2)(N2CCOCC2)N2CCOCC2)=C1N1CCOCC1)c1ccccc1)c1ccccc1.[Cl-]. The zero-order chi connectivity index (χ0) is 35.3. The first-order valence-electron chi connectivity index (χ1n) is 17.4. The lowest BCUT2D eigenvalue weighted by Gasteiger charge is -2.48. The second kappa shape index (κ2) is 17.1. The third kappa shape index (κ3) is 8.19. The maximum Gasteiger partial charge on any atom is 0.416 e. The van der Waals surface area contributed by atoms with Crippen LogP contribution in [0.25, 0.3) is 5.76 Å². The molecule has 3 heterocycles. The molecular formula is C38H42ClF3N4O5P-. The minimum absolute atomic E-state index is 0. The number of morpholine rings is 3. The van der Waals surface area contributed by atoms with Crippen molar-refractivity contribution in [2.45, 2.75) is 19.0 Å². The van der Waals surface area contributed by atoms with E-state index in [0.717, 1.165) is 34.3 Å². The Hall–Kier alpha value is -3.48. The van der Waals surface area contributed by atoms with E-state index >= 15 is 0 Å². The van der Waals surface area contributed by atoms with E-state index in [1.807, 2.05) is 48.5 Å². The molecule has 1 aliphatic carbocycles. The predicted molar refractivity (Wildman–Crippen MR) is 189 cm³/mol. The number of nitrogens with zero attached hydrogens (tertiary/aromatic N) is 4. The average Bonchev–Trinajstić information content (AvgIpc) is 3.63. The Morgan fingerprint density at radius 2 is 1.17 bits per heavy atom. The molecule has 14 heteroatoms. The van der Waals surface area contributed by atoms with E-state index in [2.05, 4.69) is 14.2 Å². The Morgan fingerprint density at radius 1 is 0.673 bits per heavy atom. The highest BCUT2D eigenvalue weighted by Crippen LogP contribution is 2.69. The number of carbonyl (C=O) groups is 1. The smallest absolute Gasteiger partial charge is 0.416 e. The monoisotopic (exact) mass is 757 g/mol. The van der Waals surface area contributed by atoms with Crippen LogP contribution < -0.4 is 12.4 Å². The summed E-state index contributed by atoms with van der Waals surface area (Å²) < 4.78 is 75.4. The molecule has 52 heavy (non-hydrogen) atoms. The van der Waals surface area contributed by atoms with Gasteiger partial charge >= 0.3 is 12.1 Å². The number of ether oxygens (including phenoxy) is 4. The quantitative estimate of drug-likeness (QED) is 0.187. The maximum atomic E-state index is 13.7. The van der Waals surface area contributed by atoms with Crippen LogP contribution in [0.5, 0.6) is 0 Å². The number of carbonyl (C=O) groups excluding carboxylic acids is 1. The van der Waals surface area contributed by atoms with Crippen molar-refractivity contribution in [3.05, 3.63) is 118 Å². The lowest BCUT2D eigenvalue weighted by molar-refractivity contribution is -0.137. The zero-order valence-electron chi connectivity index (χ0n) is 28.8. The first-order chi connectivity index (χ1) is 24.8. The number of allylic oxidation sites excluding steroid dienone is 2. The van der Waals surface area contributed by atoms with Crippen LogP contribution in [-0.2, 0) is 25.1 Å². The number of hydrogen-bond donors (Lipinski definition) is 0. The van der Waals surface area contributed by atoms with Gasteiger partial charge in [0.2, 0.25) is 0 Å². The summed E-state index contributed by atoms with van der Waals surface area (Å²) in [6.07, 6.45) is -3.23. The molecule has 0 atom stereocenters. The van der Waals surface area contributed by atoms with Gasteiger partial charge in [0, 0.05) is 55.7 Å². The summed E-state index contributed by atoms with van der Waals surface area (Å²) in [5.74, 6) is 0.0473. The molecule has 3 aromatic rings. The first-order valence-corrected chi connectivity index (χ1v) is 19.1. The molecule has 0 amide bonds. The molecule has 0 spiro atoms. The molecule has 0 saturated carbocycles. The van der Waals surface area contributed by atoms with Gasteiger partial charge in [-0.1, -0.05) is 48.5 Å². The molecule has 7 rings (SSSR count). The van der Waals surface area contributed by atoms with Crippen LogP contribution in [0.3, 0.4) is 0 Å². The summed E-state index contributed by atoms with van der Waals surface area (Å²) in [5.41, 5.74) is 2.90. The van der Waals surface area contributed by atoms with Gasteiger partial charge in [-0.05, 0) is 49.2 Å². The third-order valence-electron chi connectivity index (χ3n) is 9.59. The van der Waals surface area contributed by atoms with Crippen LogP contribution in [0.1, 0.15) is 34.3 Å². The van der Waals surface area contributed by atoms with Gasteiger partial charge in [-0.2, -0.15) is 13.2 Å². The van der Waals surface area contributed by atoms with Gasteiger partial charge in [-0.15, -0.1) is 0 Å². The van der Waals surface area contributed by atoms with Gasteiger partial charge in [0.1, 0.15) is 13.1 Å². The second-order valence-corrected chi connectivity index (χ2v) is 15.7. The molecule has 4 aliphatic rings. The van der Waals surface area contributed by atoms with Gasteiger partial charge < -0.3 is 36.3 Å². The van der Waals surface area contributed by atoms with Crippen molar-refractivity contribution in [2.24, 2.45) is 4.74 Å². The molecular weight excluding hydrogens is 716 g/mol. The van der Waals surface area contributed by atoms with E-state index < -0.39 is 25.1 Å². The van der Waals surface area contributed by atoms with E-state index in [0.29, 0.717) is 109 Å². The standard InChI is InChI=1S/C38H42F3N4O5P.ClH/c39-38(40,41)31-11-13-32(14-12-31)42-51(44-19-25-48-26-20-44,45-21-27-49-28-22-45)34-16-15-33(35(34)43-17-23-47-24-18-43)36(29-7-3-1-4-8-29)50-37(46)30-9-5-2-6-10-30;/h1-14H,15-28H2;1H/p-1/b36-33-;. The Bertz CT molecular complexity index is 1770. The Kier molecular flexibility index (Phi) is 12.6. The summed E-state index contributed by atoms with van der Waals surface area (Å²) >= 11 is 0. The van der Waals surface area contributed by atoms with E-state index in [-0.39, 0.29) is 12.4 Å². The molecule has 3 fully saturated rings. The van der Waals surface area contributed by atoms with Crippen molar-refractivity contribution in [2.75, 3.05) is 78.9 Å². The summed E-state index contributed by atoms with van der Waals surface area (Å²) in [4.78, 5) is 16.1. The van der Waals surface area contributed by atoms with Crippen LogP contribution in [0.4, 0.5) is 18.9 Å². The molecule has 3 aromatic carbocycles. The molecule has 0 radical (unpaired) electrons. The molecule has 0 bridgehead atoms. The highest BCUT2D eigenvalue weighted by Gasteiger charge is 2.45. The highest BCUT2D eigenvalue weighted by molar-refractivity contribution is 7.66. The van der Waals surface area contributed by atoms with Gasteiger partial charge in [0.05, 0.1) is 62.2 Å². The molecule has 3 saturated heterocycles. The number of hydrogen-bond acceptors (Lipinski definition) is 7. The van der Waals surface area contributed by atoms with E-state index in [1.165, 1.54) is 12.1 Å². The van der Waals surface area contributed by atoms with Crippen LogP contribution in [0, 0.1) is 0 Å². The molecule has 0 N–H and O–H groups in total. The minimum Gasteiger partial charge on any atom is -1.00 e. The molecule has 9 nitrogen and oxygen atoms in total. The van der Waals surface area contributed by atoms with E-state index in [4.69, 9.17) is 23.7 Å². The van der Waals surface area contributed by atoms with Crippen molar-refractivity contribution in [1.29, 1.82) is 0 Å². The van der Waals surface area contributed by atoms with Crippen molar-refractivity contribution >= 4 is 24.8 Å². The van der Waals surface area contributed by atoms with E-state index in [1.54, 1.807) is 12.1 Å². The van der Waals surface area contributed by atoms with Crippen molar-refractivity contribution in [1.82, 2.24) is 14.2 Å². The fraction of sp³-hybridized carbons (Fsp3) is 0.395. The number of benzene rings is 3. The molecule has 0 unspecified atom stereocenters. The lowest BCUT2D eigenvalue weighted by Crippen LogP contribution is -3.00. The topological polar surface area (TPSA) is 76.1 Å². The third-order valence-corrected chi connectivity index (χ3v) is 13.6. The van der Waals surface area contributed by atoms with E-state index in [9.17, 15) is 18.0 Å². The summed E-state index contributed by atoms with van der Waals surface area (Å²) in [5, 5.41) is 1.12. The van der Waals surface area contributed by atoms with Gasteiger partial charge in [0.25, 0.3) is 0 Å². The zero-order valence-corrected chi connectivity index (χ0v) is 30.4. The predicted octanol–water partition coefficient (Wildman–Crippen LogP) is 4.64. The fourth-order valence-corrected chi connectivity index (χ4v) is 11.5. The number of esters is 1. The lowest BCUT2D eigenvalue weighted by atomic mass is 10.0. The highest BCUT2D eigenvalue weighted by atomic mass is 35.5. The summed E-state index contributed by atoms with van der Waals surface area (Å²) in [6.45, 7) is 6.84. The maximum absolute atomic E-state index is 13.7. The van der Waals surface area contributed by atoms with Gasteiger partial charge in [-0.25, -0.2) is 18.9 Å². The number of alkyl halides is 3. The van der Waals surface area contributed by atoms with Crippen LogP contribution in [0.2, 0.25) is 0 Å². The van der Waals surface area contributed by atoms with Crippen LogP contribution >= 0.6 is 7.36 Å². The molecule has 278 valence electrons. The second-order valence-electron chi connectivity index (χ2n) is 12.7. The van der Waals surface area contributed by atoms with Crippen molar-refractivity contribution in [3.8, 4) is 0 Å². The molecule has 0 aromatic heterocycles. The van der Waals surface area contributed by atoms with Gasteiger partial charge in [-0.3, -0.25) is 0 Å². The van der Waals surface area contributed by atoms with Crippen molar-refractivity contribution < 1.29 is 49.3 Å². The Labute approximate surface area is 308 Å². The largest absolute Gasteiger partial charge is 1.00 e. The number of halogens is 4. The van der Waals surface area contributed by atoms with Crippen molar-refractivity contribution in [3.63, 3.8) is 0 Å². The summed E-state index contributed by atoms with van der Waals surface area (Å²) in [6, 6.07) is 23.8. The summed E-state index contributed by atoms with van der Waals surface area (Å²) in [7, 11) is -2.88. The first kappa shape index (κ1) is 38.3. The van der Waals surface area contributed by atoms with Gasteiger partial charge in [0.15, 0.2) is 0 Å². The van der Waals surface area contributed by atoms with Crippen LogP contribution in [0.15, 0.2) is 106 Å². The Morgan fingerprint density at radius 3 is 1.69 bits per heavy atom. The molecule has 3 aliphatic heterocycles. The van der Waals surface area contributed by atoms with Crippen LogP contribution in [-0.4, -0.2) is 99.1 Å². The normalized spacial score (nSPS) is 20.3. The minimum atomic E-state index is -4.46. The fourth-order valence-electron chi connectivity index (χ4n) is 7.19. The Balaban J connectivity index is 0.00000464. The number of rotatable bonds is 8. The average molecular weight is 758 g/mol.